The first-order valence-corrected chi connectivity index (χ1v) is 11.9. The van der Waals surface area contributed by atoms with Gasteiger partial charge in [0.15, 0.2) is 0 Å². The molecule has 1 aromatic heterocycles. The Labute approximate surface area is 217 Å². The Balaban J connectivity index is 0.00000256. The molecular formula is C27H38Cl2N2Pd. The predicted molar refractivity (Wildman–Crippen MR) is 139 cm³/mol. The molecule has 0 unspecified atom stereocenters. The van der Waals surface area contributed by atoms with Crippen LogP contribution >= 0.6 is 24.8 Å². The number of aromatic nitrogens is 2. The van der Waals surface area contributed by atoms with Crippen LogP contribution in [0.25, 0.3) is 11.4 Å². The van der Waals surface area contributed by atoms with Gasteiger partial charge >= 0.3 is 193 Å². The van der Waals surface area contributed by atoms with Crippen LogP contribution in [-0.4, -0.2) is 9.13 Å². The molecule has 0 bridgehead atoms. The number of para-hydroxylation sites is 2. The summed E-state index contributed by atoms with van der Waals surface area (Å²) < 4.78 is 5.78. The Bertz CT molecular complexity index is 955. The van der Waals surface area contributed by atoms with E-state index < -0.39 is 0 Å². The zero-order valence-electron chi connectivity index (χ0n) is 20.5. The summed E-state index contributed by atoms with van der Waals surface area (Å²) in [5, 5.41) is 0. The molecular weight excluding hydrogens is 530 g/mol. The smallest absolute Gasteiger partial charge is 0.147 e. The van der Waals surface area contributed by atoms with E-state index in [-0.39, 0.29) is 24.8 Å². The van der Waals surface area contributed by atoms with Crippen LogP contribution in [-0.2, 0) is 18.7 Å². The number of hydrogen-bond acceptors (Lipinski definition) is 0. The van der Waals surface area contributed by atoms with Crippen LogP contribution in [0.3, 0.4) is 0 Å². The maximum Gasteiger partial charge on any atom is -0.147 e. The maximum atomic E-state index is 3.64. The van der Waals surface area contributed by atoms with Crippen molar-refractivity contribution >= 4 is 24.8 Å². The first-order valence-electron chi connectivity index (χ1n) is 11.2. The topological polar surface area (TPSA) is 9.86 Å². The van der Waals surface area contributed by atoms with Gasteiger partial charge in [0.25, 0.3) is 0 Å². The van der Waals surface area contributed by atoms with Gasteiger partial charge in [-0.05, 0) is 0 Å². The maximum absolute atomic E-state index is 3.64. The van der Waals surface area contributed by atoms with Crippen LogP contribution in [0.15, 0.2) is 48.8 Å². The second kappa shape index (κ2) is 11.8. The van der Waals surface area contributed by atoms with Crippen LogP contribution in [0.2, 0.25) is 0 Å². The Morgan fingerprint density at radius 3 is 1.00 bits per heavy atom. The van der Waals surface area contributed by atoms with Gasteiger partial charge in [-0.1, -0.05) is 0 Å². The Hall–Kier alpha value is -1.11. The van der Waals surface area contributed by atoms with Gasteiger partial charge in [0.1, 0.15) is 0 Å². The average molecular weight is 568 g/mol. The summed E-state index contributed by atoms with van der Waals surface area (Å²) in [4.78, 5) is 0. The number of nitrogens with zero attached hydrogens (tertiary/aromatic N) is 2. The van der Waals surface area contributed by atoms with Gasteiger partial charge in [0.2, 0.25) is 0 Å². The summed E-state index contributed by atoms with van der Waals surface area (Å²) in [7, 11) is 0. The van der Waals surface area contributed by atoms with E-state index in [9.17, 15) is 0 Å². The quantitative estimate of drug-likeness (QED) is 0.264. The van der Waals surface area contributed by atoms with Crippen LogP contribution in [0.5, 0.6) is 0 Å². The number of rotatable bonds is 6. The Morgan fingerprint density at radius 1 is 0.531 bits per heavy atom. The number of imidazole rings is 1. The Kier molecular flexibility index (Phi) is 10.7. The third-order valence-electron chi connectivity index (χ3n) is 5.90. The van der Waals surface area contributed by atoms with E-state index in [0.717, 1.165) is 3.89 Å². The molecule has 1 heterocycles. The molecule has 32 heavy (non-hydrogen) atoms. The van der Waals surface area contributed by atoms with E-state index >= 15 is 0 Å². The van der Waals surface area contributed by atoms with Crippen molar-refractivity contribution in [2.75, 3.05) is 0 Å². The first kappa shape index (κ1) is 28.9. The summed E-state index contributed by atoms with van der Waals surface area (Å²) >= 11 is 3.64. The molecule has 0 aliphatic carbocycles. The molecule has 3 aromatic rings. The molecule has 3 rings (SSSR count). The van der Waals surface area contributed by atoms with Crippen molar-refractivity contribution in [2.24, 2.45) is 0 Å². The first-order chi connectivity index (χ1) is 14.1. The molecule has 0 spiro atoms. The molecule has 0 amide bonds. The molecule has 0 atom stereocenters. The van der Waals surface area contributed by atoms with Crippen molar-refractivity contribution in [1.82, 2.24) is 9.13 Å². The van der Waals surface area contributed by atoms with Gasteiger partial charge in [-0.2, -0.15) is 0 Å². The molecule has 0 saturated carbocycles. The van der Waals surface area contributed by atoms with E-state index in [4.69, 9.17) is 0 Å². The van der Waals surface area contributed by atoms with Crippen LogP contribution in [0, 0.1) is 3.89 Å². The van der Waals surface area contributed by atoms with Crippen LogP contribution < -0.4 is 0 Å². The molecule has 0 fully saturated rings. The molecule has 5 heteroatoms. The van der Waals surface area contributed by atoms with Crippen molar-refractivity contribution in [3.63, 3.8) is 0 Å². The normalized spacial score (nSPS) is 11.3. The van der Waals surface area contributed by atoms with Crippen molar-refractivity contribution in [2.45, 2.75) is 79.1 Å². The van der Waals surface area contributed by atoms with Crippen molar-refractivity contribution in [3.05, 3.63) is 74.9 Å². The molecule has 0 aliphatic rings. The molecule has 2 nitrogen and oxygen atoms in total. The third kappa shape index (κ3) is 5.51. The van der Waals surface area contributed by atoms with Gasteiger partial charge in [0.05, 0.1) is 0 Å². The zero-order valence-corrected chi connectivity index (χ0v) is 23.6. The summed E-state index contributed by atoms with van der Waals surface area (Å²) in [6.07, 6.45) is 4.43. The molecule has 0 N–H and O–H groups in total. The minimum absolute atomic E-state index is 0. The molecule has 2 aromatic carbocycles. The largest absolute Gasteiger partial charge is 0.147 e. The number of hydrogen-bond donors (Lipinski definition) is 0. The van der Waals surface area contributed by atoms with Gasteiger partial charge in [-0.3, -0.25) is 0 Å². The Morgan fingerprint density at radius 2 is 0.781 bits per heavy atom. The number of halogens is 2. The summed E-state index contributed by atoms with van der Waals surface area (Å²) in [5.41, 5.74) is 8.18. The van der Waals surface area contributed by atoms with Crippen LogP contribution in [0.4, 0.5) is 0 Å². The summed E-state index contributed by atoms with van der Waals surface area (Å²) in [6, 6.07) is 13.5. The van der Waals surface area contributed by atoms with E-state index in [2.05, 4.69) is 132 Å². The second-order valence-corrected chi connectivity index (χ2v) is 10.2. The van der Waals surface area contributed by atoms with Crippen molar-refractivity contribution in [3.8, 4) is 11.4 Å². The van der Waals surface area contributed by atoms with Gasteiger partial charge in [0, 0.05) is 0 Å². The van der Waals surface area contributed by atoms with E-state index in [1.165, 1.54) is 33.6 Å². The minimum Gasteiger partial charge on any atom is -0.147 e. The van der Waals surface area contributed by atoms with Crippen LogP contribution in [0.1, 0.15) is 101 Å². The zero-order chi connectivity index (χ0) is 22.2. The molecule has 0 radical (unpaired) electrons. The van der Waals surface area contributed by atoms with Gasteiger partial charge < -0.3 is 0 Å². The second-order valence-electron chi connectivity index (χ2n) is 9.47. The van der Waals surface area contributed by atoms with E-state index in [1.807, 2.05) is 0 Å². The standard InChI is InChI=1S/C27H36N2.2ClH.Pd/c1-18(2)22-11-9-12-23(19(3)4)26(22)28-15-16-29(17-28)27-24(20(5)6)13-10-14-25(27)21(7)8;;;/h9-16,18-21H,1-8H3;2*1H;. The predicted octanol–water partition coefficient (Wildman–Crippen LogP) is 8.68. The fourth-order valence-electron chi connectivity index (χ4n) is 4.26. The fourth-order valence-corrected chi connectivity index (χ4v) is 4.84. The molecule has 0 aliphatic heterocycles. The SMILES string of the molecule is CC(C)c1cccc(C(C)C)c1-n1ccn(-c2c(C(C)C)cccc2C(C)C)[c]1=[Pd].Cl.Cl. The molecule has 0 saturated heterocycles. The van der Waals surface area contributed by atoms with E-state index in [1.54, 1.807) is 0 Å². The van der Waals surface area contributed by atoms with E-state index in [0.29, 0.717) is 23.7 Å². The van der Waals surface area contributed by atoms with Crippen molar-refractivity contribution in [1.29, 1.82) is 0 Å². The average Bonchev–Trinajstić information content (AvgIpc) is 3.07. The monoisotopic (exact) mass is 566 g/mol. The summed E-state index contributed by atoms with van der Waals surface area (Å²) in [5.74, 6) is 1.83. The minimum atomic E-state index is 0. The van der Waals surface area contributed by atoms with Crippen molar-refractivity contribution < 1.29 is 18.7 Å². The van der Waals surface area contributed by atoms with Gasteiger partial charge in [-0.15, -0.1) is 24.8 Å². The number of benzene rings is 2. The fraction of sp³-hybridized carbons (Fsp3) is 0.444. The third-order valence-corrected chi connectivity index (χ3v) is 6.65. The summed E-state index contributed by atoms with van der Waals surface area (Å²) in [6.45, 7) is 18.2. The van der Waals surface area contributed by atoms with Gasteiger partial charge in [-0.25, -0.2) is 0 Å². The molecule has 180 valence electrons.